The first-order chi connectivity index (χ1) is 17.9. The van der Waals surface area contributed by atoms with Crippen molar-refractivity contribution in [3.8, 4) is 17.4 Å². The van der Waals surface area contributed by atoms with E-state index in [9.17, 15) is 24.8 Å². The van der Waals surface area contributed by atoms with Gasteiger partial charge in [0.2, 0.25) is 12.7 Å². The minimum absolute atomic E-state index is 0.0739. The van der Waals surface area contributed by atoms with Crippen LogP contribution in [-0.4, -0.2) is 33.6 Å². The number of nitrogens with one attached hydrogen (secondary N) is 2. The third-order valence-electron chi connectivity index (χ3n) is 5.41. The van der Waals surface area contributed by atoms with E-state index < -0.39 is 22.6 Å². The Balaban J connectivity index is 1.47. The van der Waals surface area contributed by atoms with Gasteiger partial charge >= 0.3 is 5.91 Å². The standard InChI is InChI=1S/C25H17N5O7/c31-23(15-4-2-1-3-5-15)27-19(10-14-6-9-20-21(11-14)37-13-36-20)24(32)29-28-22-17-8-7-16(30(34)35)12-18(17)26-25(22)33/h1-12,26,33H,13H2,(H,27,31)/b19-10-,29-28?. The lowest BCUT2D eigenvalue weighted by atomic mass is 10.1. The number of hydrogen-bond donors (Lipinski definition) is 3. The van der Waals surface area contributed by atoms with Crippen molar-refractivity contribution >= 4 is 40.2 Å². The number of aromatic nitrogens is 1. The minimum Gasteiger partial charge on any atom is -0.493 e. The maximum absolute atomic E-state index is 13.1. The van der Waals surface area contributed by atoms with Gasteiger partial charge in [-0.1, -0.05) is 24.3 Å². The maximum Gasteiger partial charge on any atom is 0.311 e. The van der Waals surface area contributed by atoms with Crippen molar-refractivity contribution in [2.45, 2.75) is 0 Å². The van der Waals surface area contributed by atoms with Crippen molar-refractivity contribution in [1.29, 1.82) is 0 Å². The Morgan fingerprint density at radius 1 is 1.05 bits per heavy atom. The highest BCUT2D eigenvalue weighted by Gasteiger charge is 2.19. The molecule has 5 rings (SSSR count). The van der Waals surface area contributed by atoms with Crippen LogP contribution in [0.25, 0.3) is 17.0 Å². The fourth-order valence-electron chi connectivity index (χ4n) is 3.63. The molecule has 12 nitrogen and oxygen atoms in total. The van der Waals surface area contributed by atoms with Gasteiger partial charge in [-0.3, -0.25) is 19.7 Å². The number of hydrogen-bond acceptors (Lipinski definition) is 8. The van der Waals surface area contributed by atoms with Gasteiger partial charge in [0.15, 0.2) is 17.2 Å². The SMILES string of the molecule is O=C(N=Nc1c(O)[nH]c2cc([N+](=O)[O-])ccc12)/C(=C/c1ccc2c(c1)OCO2)NC(=O)c1ccccc1. The Hall–Kier alpha value is -5.52. The highest BCUT2D eigenvalue weighted by Crippen LogP contribution is 2.37. The fraction of sp³-hybridized carbons (Fsp3) is 0.0400. The normalized spacial score (nSPS) is 12.7. The Morgan fingerprint density at radius 3 is 2.62 bits per heavy atom. The zero-order valence-corrected chi connectivity index (χ0v) is 18.9. The molecule has 2 heterocycles. The Labute approximate surface area is 208 Å². The topological polar surface area (TPSA) is 169 Å². The molecule has 12 heteroatoms. The largest absolute Gasteiger partial charge is 0.493 e. The highest BCUT2D eigenvalue weighted by atomic mass is 16.7. The zero-order chi connectivity index (χ0) is 25.9. The van der Waals surface area contributed by atoms with Gasteiger partial charge in [-0.25, -0.2) is 0 Å². The van der Waals surface area contributed by atoms with Gasteiger partial charge in [0.25, 0.3) is 11.6 Å². The van der Waals surface area contributed by atoms with Crippen LogP contribution >= 0.6 is 0 Å². The van der Waals surface area contributed by atoms with Crippen molar-refractivity contribution in [2.75, 3.05) is 6.79 Å². The number of H-pyrrole nitrogens is 1. The van der Waals surface area contributed by atoms with Gasteiger partial charge in [0.05, 0.1) is 10.4 Å². The van der Waals surface area contributed by atoms with E-state index in [1.165, 1.54) is 24.3 Å². The number of azo groups is 1. The molecule has 3 aromatic carbocycles. The summed E-state index contributed by atoms with van der Waals surface area (Å²) in [5, 5.41) is 31.7. The van der Waals surface area contributed by atoms with Gasteiger partial charge in [0, 0.05) is 23.1 Å². The van der Waals surface area contributed by atoms with Gasteiger partial charge in [0.1, 0.15) is 5.70 Å². The molecule has 1 aromatic heterocycles. The smallest absolute Gasteiger partial charge is 0.311 e. The molecule has 0 unspecified atom stereocenters. The van der Waals surface area contributed by atoms with E-state index in [-0.39, 0.29) is 29.4 Å². The quantitative estimate of drug-likeness (QED) is 0.151. The third kappa shape index (κ3) is 4.84. The van der Waals surface area contributed by atoms with E-state index >= 15 is 0 Å². The van der Waals surface area contributed by atoms with Crippen LogP contribution in [0.4, 0.5) is 11.4 Å². The van der Waals surface area contributed by atoms with E-state index in [1.807, 2.05) is 0 Å². The minimum atomic E-state index is -0.905. The maximum atomic E-state index is 13.1. The number of benzene rings is 3. The van der Waals surface area contributed by atoms with Gasteiger partial charge < -0.3 is 24.9 Å². The number of amides is 2. The van der Waals surface area contributed by atoms with Crippen LogP contribution in [0.2, 0.25) is 0 Å². The molecule has 0 fully saturated rings. The average Bonchev–Trinajstić information content (AvgIpc) is 3.49. The number of carbonyl (C=O) groups excluding carboxylic acids is 2. The molecular weight excluding hydrogens is 482 g/mol. The third-order valence-corrected chi connectivity index (χ3v) is 5.41. The summed E-state index contributed by atoms with van der Waals surface area (Å²) in [7, 11) is 0. The number of nitrogens with zero attached hydrogens (tertiary/aromatic N) is 3. The molecule has 37 heavy (non-hydrogen) atoms. The lowest BCUT2D eigenvalue weighted by molar-refractivity contribution is -0.384. The van der Waals surface area contributed by atoms with Crippen LogP contribution in [0.5, 0.6) is 17.4 Å². The summed E-state index contributed by atoms with van der Waals surface area (Å²) in [5.41, 5.74) is 0.618. The lowest BCUT2D eigenvalue weighted by Gasteiger charge is -2.07. The zero-order valence-electron chi connectivity index (χ0n) is 18.9. The summed E-state index contributed by atoms with van der Waals surface area (Å²) in [6.07, 6.45) is 1.41. The van der Waals surface area contributed by atoms with Crippen molar-refractivity contribution < 1.29 is 29.1 Å². The molecule has 1 aliphatic heterocycles. The van der Waals surface area contributed by atoms with Gasteiger partial charge in [-0.15, -0.1) is 10.2 Å². The first-order valence-electron chi connectivity index (χ1n) is 10.8. The number of aromatic hydroxyl groups is 1. The molecule has 0 bridgehead atoms. The number of ether oxygens (including phenoxy) is 2. The number of carbonyl (C=O) groups is 2. The Kier molecular flexibility index (Phi) is 6.04. The first kappa shape index (κ1) is 23.2. The molecule has 0 aliphatic carbocycles. The van der Waals surface area contributed by atoms with Crippen LogP contribution in [0.15, 0.2) is 82.7 Å². The number of rotatable bonds is 6. The van der Waals surface area contributed by atoms with Crippen LogP contribution in [0, 0.1) is 10.1 Å². The lowest BCUT2D eigenvalue weighted by Crippen LogP contribution is -2.26. The van der Waals surface area contributed by atoms with Crippen molar-refractivity contribution in [3.05, 3.63) is 93.7 Å². The van der Waals surface area contributed by atoms with E-state index in [4.69, 9.17) is 9.47 Å². The molecule has 3 N–H and O–H groups in total. The van der Waals surface area contributed by atoms with E-state index in [0.29, 0.717) is 28.0 Å². The summed E-state index contributed by atoms with van der Waals surface area (Å²) in [6.45, 7) is 0.0739. The second-order valence-corrected chi connectivity index (χ2v) is 7.81. The fourth-order valence-corrected chi connectivity index (χ4v) is 3.63. The van der Waals surface area contributed by atoms with E-state index in [2.05, 4.69) is 20.5 Å². The summed E-state index contributed by atoms with van der Waals surface area (Å²) in [4.78, 5) is 38.8. The summed E-state index contributed by atoms with van der Waals surface area (Å²) in [5.74, 6) is -0.847. The Bertz CT molecular complexity index is 1610. The van der Waals surface area contributed by atoms with Crippen LogP contribution < -0.4 is 14.8 Å². The van der Waals surface area contributed by atoms with Crippen LogP contribution in [-0.2, 0) is 4.79 Å². The monoisotopic (exact) mass is 499 g/mol. The molecule has 0 radical (unpaired) electrons. The molecule has 2 amide bonds. The molecule has 0 atom stereocenters. The number of aromatic amines is 1. The van der Waals surface area contributed by atoms with E-state index in [0.717, 1.165) is 0 Å². The summed E-state index contributed by atoms with van der Waals surface area (Å²) in [6, 6.07) is 17.1. The molecule has 0 spiro atoms. The summed E-state index contributed by atoms with van der Waals surface area (Å²) >= 11 is 0. The number of nitro groups is 1. The van der Waals surface area contributed by atoms with Gasteiger partial charge in [-0.05, 0) is 42.0 Å². The highest BCUT2D eigenvalue weighted by molar-refractivity contribution is 6.05. The number of nitro benzene ring substituents is 1. The predicted molar refractivity (Wildman–Crippen MR) is 131 cm³/mol. The average molecular weight is 499 g/mol. The number of fused-ring (bicyclic) bond motifs is 2. The molecule has 0 saturated heterocycles. The van der Waals surface area contributed by atoms with Crippen molar-refractivity contribution in [1.82, 2.24) is 10.3 Å². The van der Waals surface area contributed by atoms with E-state index in [1.54, 1.807) is 48.5 Å². The summed E-state index contributed by atoms with van der Waals surface area (Å²) < 4.78 is 10.7. The molecule has 0 saturated carbocycles. The van der Waals surface area contributed by atoms with Crippen LogP contribution in [0.1, 0.15) is 15.9 Å². The van der Waals surface area contributed by atoms with Crippen molar-refractivity contribution in [2.24, 2.45) is 10.2 Å². The molecule has 1 aliphatic rings. The first-order valence-corrected chi connectivity index (χ1v) is 10.8. The van der Waals surface area contributed by atoms with Crippen LogP contribution in [0.3, 0.4) is 0 Å². The molecule has 184 valence electrons. The second kappa shape index (κ2) is 9.62. The molecule has 4 aromatic rings. The molecular formula is C25H17N5O7. The van der Waals surface area contributed by atoms with Gasteiger partial charge in [-0.2, -0.15) is 0 Å². The van der Waals surface area contributed by atoms with Crippen molar-refractivity contribution in [3.63, 3.8) is 0 Å². The Morgan fingerprint density at radius 2 is 1.84 bits per heavy atom. The predicted octanol–water partition coefficient (Wildman–Crippen LogP) is 4.59. The number of non-ortho nitro benzene ring substituents is 1. The second-order valence-electron chi connectivity index (χ2n) is 7.81.